The SMILES string of the molecule is O=C(Oc1ccc(CNCCO)cc1OC(=O)c1ccc(Cl)cc1)c1ccc(Cl)cc1. The first-order valence-electron chi connectivity index (χ1n) is 9.36. The Bertz CT molecular complexity index is 1050. The Balaban J connectivity index is 1.84. The van der Waals surface area contributed by atoms with E-state index in [2.05, 4.69) is 5.32 Å². The van der Waals surface area contributed by atoms with Gasteiger partial charge in [-0.25, -0.2) is 9.59 Å². The zero-order valence-electron chi connectivity index (χ0n) is 16.3. The van der Waals surface area contributed by atoms with Crippen LogP contribution in [0.3, 0.4) is 0 Å². The molecule has 0 fully saturated rings. The molecule has 0 aliphatic rings. The molecule has 0 amide bonds. The maximum absolute atomic E-state index is 12.6. The molecule has 0 bridgehead atoms. The number of ether oxygens (including phenoxy) is 2. The quantitative estimate of drug-likeness (QED) is 0.292. The standard InChI is InChI=1S/C23H19Cl2NO5/c24-18-6-2-16(3-7-18)22(28)30-20-10-1-15(14-26-11-12-27)13-21(20)31-23(29)17-4-8-19(25)9-5-17/h1-10,13,26-27H,11-12,14H2. The number of carbonyl (C=O) groups excluding carboxylic acids is 2. The van der Waals surface area contributed by atoms with Gasteiger partial charge in [-0.2, -0.15) is 0 Å². The van der Waals surface area contributed by atoms with Crippen molar-refractivity contribution in [2.75, 3.05) is 13.2 Å². The first kappa shape index (κ1) is 22.8. The minimum absolute atomic E-state index is 0.00476. The Labute approximate surface area is 189 Å². The number of rotatable bonds is 8. The van der Waals surface area contributed by atoms with Gasteiger partial charge in [0.1, 0.15) is 0 Å². The molecular formula is C23H19Cl2NO5. The van der Waals surface area contributed by atoms with Crippen LogP contribution in [0.25, 0.3) is 0 Å². The predicted molar refractivity (Wildman–Crippen MR) is 118 cm³/mol. The second kappa shape index (κ2) is 10.9. The number of esters is 2. The summed E-state index contributed by atoms with van der Waals surface area (Å²) in [5.74, 6) is -1.06. The third kappa shape index (κ3) is 6.54. The molecular weight excluding hydrogens is 441 g/mol. The van der Waals surface area contributed by atoms with Crippen LogP contribution in [0.15, 0.2) is 66.7 Å². The summed E-state index contributed by atoms with van der Waals surface area (Å²) in [5, 5.41) is 12.9. The fourth-order valence-corrected chi connectivity index (χ4v) is 2.88. The van der Waals surface area contributed by atoms with Crippen molar-refractivity contribution in [2.45, 2.75) is 6.54 Å². The molecule has 0 spiro atoms. The number of benzene rings is 3. The van der Waals surface area contributed by atoms with Gasteiger partial charge in [0.15, 0.2) is 11.5 Å². The largest absolute Gasteiger partial charge is 0.419 e. The Morgan fingerprint density at radius 2 is 1.29 bits per heavy atom. The third-order valence-corrected chi connectivity index (χ3v) is 4.69. The highest BCUT2D eigenvalue weighted by atomic mass is 35.5. The normalized spacial score (nSPS) is 10.5. The predicted octanol–water partition coefficient (Wildman–Crippen LogP) is 4.51. The van der Waals surface area contributed by atoms with Crippen LogP contribution in [0.4, 0.5) is 0 Å². The average molecular weight is 460 g/mol. The number of carbonyl (C=O) groups is 2. The summed E-state index contributed by atoms with van der Waals surface area (Å²) in [6.45, 7) is 0.833. The van der Waals surface area contributed by atoms with Crippen LogP contribution < -0.4 is 14.8 Å². The van der Waals surface area contributed by atoms with E-state index in [9.17, 15) is 9.59 Å². The second-order valence-electron chi connectivity index (χ2n) is 6.47. The van der Waals surface area contributed by atoms with Gasteiger partial charge in [-0.15, -0.1) is 0 Å². The molecule has 0 saturated carbocycles. The Morgan fingerprint density at radius 1 is 0.774 bits per heavy atom. The van der Waals surface area contributed by atoms with Gasteiger partial charge in [-0.3, -0.25) is 0 Å². The van der Waals surface area contributed by atoms with Gasteiger partial charge < -0.3 is 19.9 Å². The lowest BCUT2D eigenvalue weighted by atomic mass is 10.2. The average Bonchev–Trinajstić information content (AvgIpc) is 2.76. The van der Waals surface area contributed by atoms with Crippen molar-refractivity contribution in [1.82, 2.24) is 5.32 Å². The van der Waals surface area contributed by atoms with Crippen LogP contribution in [0.5, 0.6) is 11.5 Å². The Hall–Kier alpha value is -2.90. The summed E-state index contributed by atoms with van der Waals surface area (Å²) in [6, 6.07) is 17.3. The second-order valence-corrected chi connectivity index (χ2v) is 7.35. The molecule has 8 heteroatoms. The summed E-state index contributed by atoms with van der Waals surface area (Å²) >= 11 is 11.7. The summed E-state index contributed by atoms with van der Waals surface area (Å²) < 4.78 is 11.0. The van der Waals surface area contributed by atoms with Crippen molar-refractivity contribution in [2.24, 2.45) is 0 Å². The van der Waals surface area contributed by atoms with Gasteiger partial charge in [0.05, 0.1) is 17.7 Å². The van der Waals surface area contributed by atoms with E-state index < -0.39 is 11.9 Å². The summed E-state index contributed by atoms with van der Waals surface area (Å²) in [5.41, 5.74) is 1.37. The fourth-order valence-electron chi connectivity index (χ4n) is 2.63. The third-order valence-electron chi connectivity index (χ3n) is 4.19. The fraction of sp³-hybridized carbons (Fsp3) is 0.130. The lowest BCUT2D eigenvalue weighted by molar-refractivity contribution is 0.0682. The number of halogens is 2. The van der Waals surface area contributed by atoms with Crippen molar-refractivity contribution in [3.63, 3.8) is 0 Å². The van der Waals surface area contributed by atoms with Crippen molar-refractivity contribution in [3.8, 4) is 11.5 Å². The highest BCUT2D eigenvalue weighted by Gasteiger charge is 2.17. The van der Waals surface area contributed by atoms with Crippen molar-refractivity contribution in [1.29, 1.82) is 0 Å². The molecule has 2 N–H and O–H groups in total. The monoisotopic (exact) mass is 459 g/mol. The summed E-state index contributed by atoms with van der Waals surface area (Å²) in [7, 11) is 0. The smallest absolute Gasteiger partial charge is 0.343 e. The Kier molecular flexibility index (Phi) is 8.03. The van der Waals surface area contributed by atoms with Gasteiger partial charge in [-0.1, -0.05) is 29.3 Å². The zero-order chi connectivity index (χ0) is 22.2. The van der Waals surface area contributed by atoms with Crippen molar-refractivity contribution in [3.05, 3.63) is 93.5 Å². The molecule has 0 heterocycles. The molecule has 0 aromatic heterocycles. The molecule has 3 aromatic rings. The highest BCUT2D eigenvalue weighted by Crippen LogP contribution is 2.30. The molecule has 0 atom stereocenters. The topological polar surface area (TPSA) is 84.9 Å². The molecule has 6 nitrogen and oxygen atoms in total. The van der Waals surface area contributed by atoms with E-state index >= 15 is 0 Å². The molecule has 0 radical (unpaired) electrons. The van der Waals surface area contributed by atoms with Gasteiger partial charge in [0.25, 0.3) is 0 Å². The molecule has 160 valence electrons. The van der Waals surface area contributed by atoms with Crippen LogP contribution in [0.1, 0.15) is 26.3 Å². The van der Waals surface area contributed by atoms with Crippen molar-refractivity contribution >= 4 is 35.1 Å². The number of aliphatic hydroxyl groups excluding tert-OH is 1. The van der Waals surface area contributed by atoms with Crippen LogP contribution in [0.2, 0.25) is 10.0 Å². The van der Waals surface area contributed by atoms with Crippen LogP contribution >= 0.6 is 23.2 Å². The molecule has 3 rings (SSSR count). The van der Waals surface area contributed by atoms with E-state index in [4.69, 9.17) is 37.8 Å². The molecule has 3 aromatic carbocycles. The lowest BCUT2D eigenvalue weighted by Crippen LogP contribution is -2.18. The van der Waals surface area contributed by atoms with E-state index in [0.717, 1.165) is 5.56 Å². The van der Waals surface area contributed by atoms with E-state index in [-0.39, 0.29) is 18.1 Å². The van der Waals surface area contributed by atoms with Gasteiger partial charge in [0.2, 0.25) is 0 Å². The number of hydrogen-bond donors (Lipinski definition) is 2. The minimum Gasteiger partial charge on any atom is -0.419 e. The minimum atomic E-state index is -0.624. The maximum atomic E-state index is 12.6. The van der Waals surface area contributed by atoms with Gasteiger partial charge in [0, 0.05) is 23.1 Å². The number of aliphatic hydroxyl groups is 1. The number of nitrogens with one attached hydrogen (secondary N) is 1. The van der Waals surface area contributed by atoms with E-state index in [1.165, 1.54) is 24.3 Å². The molecule has 0 saturated heterocycles. The van der Waals surface area contributed by atoms with Gasteiger partial charge in [-0.05, 0) is 66.2 Å². The Morgan fingerprint density at radius 3 is 1.81 bits per heavy atom. The van der Waals surface area contributed by atoms with Crippen LogP contribution in [-0.4, -0.2) is 30.2 Å². The van der Waals surface area contributed by atoms with Gasteiger partial charge >= 0.3 is 11.9 Å². The maximum Gasteiger partial charge on any atom is 0.343 e. The van der Waals surface area contributed by atoms with Crippen molar-refractivity contribution < 1.29 is 24.2 Å². The number of hydrogen-bond acceptors (Lipinski definition) is 6. The van der Waals surface area contributed by atoms with E-state index in [1.54, 1.807) is 42.5 Å². The first-order valence-corrected chi connectivity index (χ1v) is 10.1. The van der Waals surface area contributed by atoms with E-state index in [1.807, 2.05) is 0 Å². The molecule has 31 heavy (non-hydrogen) atoms. The molecule has 0 unspecified atom stereocenters. The highest BCUT2D eigenvalue weighted by molar-refractivity contribution is 6.31. The van der Waals surface area contributed by atoms with E-state index in [0.29, 0.717) is 34.3 Å². The molecule has 0 aliphatic carbocycles. The summed E-state index contributed by atoms with van der Waals surface area (Å²) in [4.78, 5) is 25.1. The zero-order valence-corrected chi connectivity index (χ0v) is 17.8. The summed E-state index contributed by atoms with van der Waals surface area (Å²) in [6.07, 6.45) is 0. The first-order chi connectivity index (χ1) is 15.0. The lowest BCUT2D eigenvalue weighted by Gasteiger charge is -2.13. The van der Waals surface area contributed by atoms with Crippen LogP contribution in [-0.2, 0) is 6.54 Å². The molecule has 0 aliphatic heterocycles. The van der Waals surface area contributed by atoms with Crippen LogP contribution in [0, 0.1) is 0 Å².